The normalized spacial score (nSPS) is 24.0. The van der Waals surface area contributed by atoms with Gasteiger partial charge in [-0.15, -0.1) is 0 Å². The molecule has 1 aromatic carbocycles. The first kappa shape index (κ1) is 11.8. The number of amides is 1. The fourth-order valence-electron chi connectivity index (χ4n) is 2.20. The average molecular weight is 234 g/mol. The number of carbonyl (C=O) groups excluding carboxylic acids is 1. The zero-order valence-electron chi connectivity index (χ0n) is 10.2. The molecule has 0 bridgehead atoms. The molecule has 0 radical (unpaired) electrons. The van der Waals surface area contributed by atoms with E-state index in [9.17, 15) is 9.90 Å². The van der Waals surface area contributed by atoms with Gasteiger partial charge in [-0.3, -0.25) is 4.79 Å². The number of benzene rings is 1. The van der Waals surface area contributed by atoms with Crippen LogP contribution >= 0.6 is 0 Å². The number of hydrogen-bond acceptors (Lipinski definition) is 3. The van der Waals surface area contributed by atoms with E-state index in [2.05, 4.69) is 13.8 Å². The Kier molecular flexibility index (Phi) is 2.96. The average Bonchev–Trinajstić information content (AvgIpc) is 2.62. The summed E-state index contributed by atoms with van der Waals surface area (Å²) < 4.78 is 0. The third kappa shape index (κ3) is 2.20. The van der Waals surface area contributed by atoms with Gasteiger partial charge in [-0.2, -0.15) is 0 Å². The lowest BCUT2D eigenvalue weighted by atomic mass is 10.0. The fraction of sp³-hybridized carbons (Fsp3) is 0.462. The summed E-state index contributed by atoms with van der Waals surface area (Å²) in [6, 6.07) is 4.48. The predicted octanol–water partition coefficient (Wildman–Crippen LogP) is 1.70. The third-order valence-corrected chi connectivity index (χ3v) is 3.54. The van der Waals surface area contributed by atoms with Gasteiger partial charge < -0.3 is 15.7 Å². The Morgan fingerprint density at radius 3 is 2.53 bits per heavy atom. The lowest BCUT2D eigenvalue weighted by Crippen LogP contribution is -2.29. The zero-order chi connectivity index (χ0) is 12.6. The van der Waals surface area contributed by atoms with Gasteiger partial charge in [-0.25, -0.2) is 0 Å². The largest absolute Gasteiger partial charge is 0.508 e. The molecule has 1 heterocycles. The highest BCUT2D eigenvalue weighted by atomic mass is 16.3. The fourth-order valence-corrected chi connectivity index (χ4v) is 2.20. The number of nitrogens with two attached hydrogens (primary N) is 1. The second-order valence-corrected chi connectivity index (χ2v) is 4.94. The van der Waals surface area contributed by atoms with Crippen molar-refractivity contribution in [2.75, 3.05) is 18.8 Å². The highest BCUT2D eigenvalue weighted by Gasteiger charge is 2.30. The minimum Gasteiger partial charge on any atom is -0.508 e. The lowest BCUT2D eigenvalue weighted by molar-refractivity contribution is 0.0785. The van der Waals surface area contributed by atoms with Crippen LogP contribution in [0.4, 0.5) is 5.69 Å². The summed E-state index contributed by atoms with van der Waals surface area (Å²) in [6.45, 7) is 5.80. The number of likely N-dealkylation sites (tertiary alicyclic amines) is 1. The summed E-state index contributed by atoms with van der Waals surface area (Å²) in [5.74, 6) is 1.01. The molecule has 0 aliphatic carbocycles. The van der Waals surface area contributed by atoms with Crippen molar-refractivity contribution < 1.29 is 9.90 Å². The zero-order valence-corrected chi connectivity index (χ0v) is 10.2. The van der Waals surface area contributed by atoms with Crippen LogP contribution in [0.15, 0.2) is 18.2 Å². The third-order valence-electron chi connectivity index (χ3n) is 3.54. The van der Waals surface area contributed by atoms with E-state index in [0.29, 0.717) is 23.1 Å². The van der Waals surface area contributed by atoms with Crippen LogP contribution in [0.5, 0.6) is 5.75 Å². The number of carbonyl (C=O) groups is 1. The van der Waals surface area contributed by atoms with E-state index in [-0.39, 0.29) is 11.7 Å². The number of phenols is 1. The summed E-state index contributed by atoms with van der Waals surface area (Å²) >= 11 is 0. The molecule has 2 rings (SSSR count). The first-order chi connectivity index (χ1) is 7.99. The molecule has 1 aromatic rings. The molecule has 1 saturated heterocycles. The van der Waals surface area contributed by atoms with E-state index in [4.69, 9.17) is 5.73 Å². The topological polar surface area (TPSA) is 66.6 Å². The number of aromatic hydroxyl groups is 1. The molecule has 4 nitrogen and oxygen atoms in total. The Morgan fingerprint density at radius 1 is 1.35 bits per heavy atom. The molecular formula is C13H18N2O2. The maximum atomic E-state index is 12.2. The molecule has 3 N–H and O–H groups in total. The second-order valence-electron chi connectivity index (χ2n) is 4.94. The van der Waals surface area contributed by atoms with Crippen LogP contribution < -0.4 is 5.73 Å². The molecule has 1 aliphatic rings. The van der Waals surface area contributed by atoms with E-state index in [0.717, 1.165) is 13.1 Å². The molecule has 1 fully saturated rings. The highest BCUT2D eigenvalue weighted by Crippen LogP contribution is 2.26. The Balaban J connectivity index is 2.23. The summed E-state index contributed by atoms with van der Waals surface area (Å²) in [5.41, 5.74) is 6.58. The number of rotatable bonds is 1. The number of phenolic OH excluding ortho intramolecular Hbond substituents is 1. The van der Waals surface area contributed by atoms with Crippen LogP contribution in [0.25, 0.3) is 0 Å². The quantitative estimate of drug-likeness (QED) is 0.574. The maximum absolute atomic E-state index is 12.2. The standard InChI is InChI=1S/C13H18N2O2/c1-8-6-15(7-9(8)2)13(17)11-5-10(16)3-4-12(11)14/h3-5,8-9,16H,6-7,14H2,1-2H3. The van der Waals surface area contributed by atoms with Crippen molar-refractivity contribution in [1.29, 1.82) is 0 Å². The van der Waals surface area contributed by atoms with Gasteiger partial charge in [-0.1, -0.05) is 13.8 Å². The van der Waals surface area contributed by atoms with Gasteiger partial charge in [0.1, 0.15) is 5.75 Å². The number of nitrogens with zero attached hydrogens (tertiary/aromatic N) is 1. The molecular weight excluding hydrogens is 216 g/mol. The smallest absolute Gasteiger partial charge is 0.256 e. The van der Waals surface area contributed by atoms with Crippen molar-refractivity contribution in [2.45, 2.75) is 13.8 Å². The van der Waals surface area contributed by atoms with Crippen LogP contribution in [-0.2, 0) is 0 Å². The molecule has 2 unspecified atom stereocenters. The Bertz CT molecular complexity index is 435. The SMILES string of the molecule is CC1CN(C(=O)c2cc(O)ccc2N)CC1C. The Morgan fingerprint density at radius 2 is 1.94 bits per heavy atom. The molecule has 0 spiro atoms. The van der Waals surface area contributed by atoms with Crippen LogP contribution in [0.1, 0.15) is 24.2 Å². The van der Waals surface area contributed by atoms with E-state index in [1.54, 1.807) is 11.0 Å². The lowest BCUT2D eigenvalue weighted by Gasteiger charge is -2.17. The number of anilines is 1. The Hall–Kier alpha value is -1.71. The predicted molar refractivity (Wildman–Crippen MR) is 66.8 cm³/mol. The minimum absolute atomic E-state index is 0.0721. The molecule has 0 aromatic heterocycles. The van der Waals surface area contributed by atoms with Crippen molar-refractivity contribution in [3.8, 4) is 5.75 Å². The second kappa shape index (κ2) is 4.28. The first-order valence-electron chi connectivity index (χ1n) is 5.87. The van der Waals surface area contributed by atoms with Crippen molar-refractivity contribution in [3.63, 3.8) is 0 Å². The Labute approximate surface area is 101 Å². The number of nitrogen functional groups attached to an aromatic ring is 1. The van der Waals surface area contributed by atoms with Crippen LogP contribution in [0.2, 0.25) is 0 Å². The molecule has 1 amide bonds. The van der Waals surface area contributed by atoms with E-state index in [1.165, 1.54) is 12.1 Å². The van der Waals surface area contributed by atoms with Gasteiger partial charge in [0, 0.05) is 18.8 Å². The molecule has 92 valence electrons. The maximum Gasteiger partial charge on any atom is 0.256 e. The van der Waals surface area contributed by atoms with Gasteiger partial charge >= 0.3 is 0 Å². The molecule has 17 heavy (non-hydrogen) atoms. The van der Waals surface area contributed by atoms with Gasteiger partial charge in [0.25, 0.3) is 5.91 Å². The molecule has 1 aliphatic heterocycles. The summed E-state index contributed by atoms with van der Waals surface area (Å²) in [4.78, 5) is 14.1. The summed E-state index contributed by atoms with van der Waals surface area (Å²) in [5, 5.41) is 9.41. The van der Waals surface area contributed by atoms with Crippen molar-refractivity contribution >= 4 is 11.6 Å². The van der Waals surface area contributed by atoms with E-state index >= 15 is 0 Å². The monoisotopic (exact) mass is 234 g/mol. The van der Waals surface area contributed by atoms with Crippen molar-refractivity contribution in [3.05, 3.63) is 23.8 Å². The highest BCUT2D eigenvalue weighted by molar-refractivity contribution is 5.99. The summed E-state index contributed by atoms with van der Waals surface area (Å²) in [6.07, 6.45) is 0. The van der Waals surface area contributed by atoms with Gasteiger partial charge in [0.05, 0.1) is 5.56 Å². The summed E-state index contributed by atoms with van der Waals surface area (Å²) in [7, 11) is 0. The van der Waals surface area contributed by atoms with E-state index < -0.39 is 0 Å². The molecule has 0 saturated carbocycles. The number of hydrogen-bond donors (Lipinski definition) is 2. The molecule has 2 atom stereocenters. The van der Waals surface area contributed by atoms with E-state index in [1.807, 2.05) is 0 Å². The van der Waals surface area contributed by atoms with Crippen molar-refractivity contribution in [1.82, 2.24) is 4.90 Å². The van der Waals surface area contributed by atoms with Crippen LogP contribution in [0.3, 0.4) is 0 Å². The van der Waals surface area contributed by atoms with Crippen molar-refractivity contribution in [2.24, 2.45) is 11.8 Å². The molecule has 4 heteroatoms. The minimum atomic E-state index is -0.0883. The van der Waals surface area contributed by atoms with Gasteiger partial charge in [-0.05, 0) is 30.0 Å². The van der Waals surface area contributed by atoms with Crippen LogP contribution in [0, 0.1) is 11.8 Å². The van der Waals surface area contributed by atoms with Crippen LogP contribution in [-0.4, -0.2) is 29.0 Å². The van der Waals surface area contributed by atoms with Gasteiger partial charge in [0.15, 0.2) is 0 Å². The first-order valence-corrected chi connectivity index (χ1v) is 5.87. The van der Waals surface area contributed by atoms with Gasteiger partial charge in [0.2, 0.25) is 0 Å².